The van der Waals surface area contributed by atoms with Crippen LogP contribution in [0.3, 0.4) is 0 Å². The van der Waals surface area contributed by atoms with Crippen molar-refractivity contribution in [2.45, 2.75) is 124 Å². The van der Waals surface area contributed by atoms with Crippen LogP contribution >= 0.6 is 0 Å². The van der Waals surface area contributed by atoms with Gasteiger partial charge in [0.05, 0.1) is 22.8 Å². The Balaban J connectivity index is 0.00000648. The Morgan fingerprint density at radius 2 is 1.06 bits per heavy atom. The van der Waals surface area contributed by atoms with Crippen LogP contribution in [0.4, 0.5) is 11.4 Å². The van der Waals surface area contributed by atoms with Crippen molar-refractivity contribution in [2.24, 2.45) is 9.98 Å². The fraction of sp³-hybridized carbons (Fsp3) is 0.576. The van der Waals surface area contributed by atoms with E-state index in [1.165, 1.54) is 93.2 Å². The van der Waals surface area contributed by atoms with E-state index in [2.05, 4.69) is 76.2 Å². The molecule has 202 valence electrons. The first-order valence-corrected chi connectivity index (χ1v) is 14.5. The maximum absolute atomic E-state index is 5.29. The van der Waals surface area contributed by atoms with E-state index in [1.54, 1.807) is 0 Å². The minimum absolute atomic E-state index is 0. The van der Waals surface area contributed by atoms with Crippen molar-refractivity contribution in [3.8, 4) is 0 Å². The normalized spacial score (nSPS) is 12.0. The Labute approximate surface area is 232 Å². The number of hydrogen-bond acceptors (Lipinski definition) is 2. The van der Waals surface area contributed by atoms with Gasteiger partial charge < -0.3 is 0 Å². The van der Waals surface area contributed by atoms with Gasteiger partial charge in [0.15, 0.2) is 0 Å². The molecule has 2 aromatic rings. The van der Waals surface area contributed by atoms with Gasteiger partial charge in [0.1, 0.15) is 0 Å². The van der Waals surface area contributed by atoms with Crippen molar-refractivity contribution < 1.29 is 16.5 Å². The molecule has 0 atom stereocenters. The molecule has 0 aliphatic heterocycles. The summed E-state index contributed by atoms with van der Waals surface area (Å²) in [7, 11) is 0. The van der Waals surface area contributed by atoms with Crippen LogP contribution in [0.15, 0.2) is 58.5 Å². The molecule has 0 heterocycles. The average molecular weight is 533 g/mol. The Kier molecular flexibility index (Phi) is 18.3. The molecule has 0 N–H and O–H groups in total. The zero-order valence-corrected chi connectivity index (χ0v) is 24.4. The third kappa shape index (κ3) is 12.5. The molecule has 0 amide bonds. The Morgan fingerprint density at radius 3 is 1.69 bits per heavy atom. The minimum atomic E-state index is 0. The quantitative estimate of drug-likeness (QED) is 0.103. The number of aliphatic imine (C=N–C) groups is 2. The number of unbranched alkanes of at least 4 members (excludes halogenated alkanes) is 7. The molecule has 0 fully saturated rings. The minimum Gasteiger partial charge on any atom is -0.252 e. The van der Waals surface area contributed by atoms with E-state index < -0.39 is 0 Å². The monoisotopic (exact) mass is 532 g/mol. The van der Waals surface area contributed by atoms with Crippen molar-refractivity contribution in [1.29, 1.82) is 0 Å². The molecule has 0 aliphatic carbocycles. The standard InChI is InChI=1S/C33H50N2.Ni/c1-5-9-11-12-13-18-24-32(34-30-21-16-14-17-22-30)33(23-15-10-6-2)35-31-26-25-28(19-7-3)29(27-31)20-8-4;/h14,16-17,21-22,25-27H,5-13,15,18-20,23-24H2,1-4H3;/b34-32+,35-33+;. The molecular formula is C33H50N2Ni. The van der Waals surface area contributed by atoms with Crippen LogP contribution in [0.2, 0.25) is 0 Å². The topological polar surface area (TPSA) is 24.7 Å². The van der Waals surface area contributed by atoms with E-state index in [-0.39, 0.29) is 16.5 Å². The molecule has 2 aromatic carbocycles. The first-order valence-electron chi connectivity index (χ1n) is 14.5. The van der Waals surface area contributed by atoms with Crippen molar-refractivity contribution in [3.63, 3.8) is 0 Å². The number of hydrogen-bond donors (Lipinski definition) is 0. The SMILES string of the molecule is CCCCCCCCC(=N\c1ccccc1)/C(CCCCC)=N/c1ccc(CCC)c(CCC)c1.[Ni]. The Hall–Kier alpha value is -1.73. The molecule has 0 saturated heterocycles. The Morgan fingerprint density at radius 1 is 0.528 bits per heavy atom. The third-order valence-corrected chi connectivity index (χ3v) is 6.63. The molecule has 2 rings (SSSR count). The summed E-state index contributed by atoms with van der Waals surface area (Å²) in [4.78, 5) is 10.4. The Bertz CT molecular complexity index is 886. The predicted octanol–water partition coefficient (Wildman–Crippen LogP) is 10.8. The number of para-hydroxylation sites is 1. The molecular weight excluding hydrogens is 483 g/mol. The average Bonchev–Trinajstić information content (AvgIpc) is 2.87. The largest absolute Gasteiger partial charge is 0.252 e. The van der Waals surface area contributed by atoms with E-state index in [0.717, 1.165) is 37.1 Å². The first kappa shape index (κ1) is 32.3. The van der Waals surface area contributed by atoms with Gasteiger partial charge in [-0.1, -0.05) is 110 Å². The van der Waals surface area contributed by atoms with E-state index >= 15 is 0 Å². The smallest absolute Gasteiger partial charge is 0.0636 e. The van der Waals surface area contributed by atoms with Gasteiger partial charge in [-0.05, 0) is 73.9 Å². The van der Waals surface area contributed by atoms with Gasteiger partial charge >= 0.3 is 0 Å². The van der Waals surface area contributed by atoms with Crippen LogP contribution in [0.1, 0.15) is 122 Å². The van der Waals surface area contributed by atoms with Crippen molar-refractivity contribution in [3.05, 3.63) is 59.7 Å². The number of aryl methyl sites for hydroxylation is 2. The number of nitrogens with zero attached hydrogens (tertiary/aromatic N) is 2. The number of rotatable bonds is 18. The van der Waals surface area contributed by atoms with Crippen LogP contribution in [0.25, 0.3) is 0 Å². The molecule has 2 nitrogen and oxygen atoms in total. The van der Waals surface area contributed by atoms with E-state index in [9.17, 15) is 0 Å². The molecule has 0 aliphatic rings. The summed E-state index contributed by atoms with van der Waals surface area (Å²) in [5.41, 5.74) is 7.50. The van der Waals surface area contributed by atoms with Gasteiger partial charge in [-0.3, -0.25) is 9.98 Å². The molecule has 0 unspecified atom stereocenters. The van der Waals surface area contributed by atoms with Crippen LogP contribution in [-0.2, 0) is 29.3 Å². The van der Waals surface area contributed by atoms with Crippen LogP contribution < -0.4 is 0 Å². The summed E-state index contributed by atoms with van der Waals surface area (Å²) in [6, 6.07) is 17.4. The second-order valence-electron chi connectivity index (χ2n) is 9.88. The van der Waals surface area contributed by atoms with Crippen molar-refractivity contribution >= 4 is 22.8 Å². The van der Waals surface area contributed by atoms with Crippen LogP contribution in [-0.4, -0.2) is 11.4 Å². The zero-order chi connectivity index (χ0) is 25.1. The van der Waals surface area contributed by atoms with Crippen molar-refractivity contribution in [2.75, 3.05) is 0 Å². The molecule has 0 bridgehead atoms. The van der Waals surface area contributed by atoms with E-state index in [1.807, 2.05) is 0 Å². The van der Waals surface area contributed by atoms with Gasteiger partial charge in [0, 0.05) is 16.5 Å². The summed E-state index contributed by atoms with van der Waals surface area (Å²) in [5, 5.41) is 0. The van der Waals surface area contributed by atoms with E-state index in [4.69, 9.17) is 9.98 Å². The predicted molar refractivity (Wildman–Crippen MR) is 157 cm³/mol. The summed E-state index contributed by atoms with van der Waals surface area (Å²) >= 11 is 0. The summed E-state index contributed by atoms with van der Waals surface area (Å²) in [6.07, 6.45) is 18.1. The maximum atomic E-state index is 5.29. The van der Waals surface area contributed by atoms with Gasteiger partial charge in [-0.15, -0.1) is 0 Å². The fourth-order valence-corrected chi connectivity index (χ4v) is 4.66. The zero-order valence-electron chi connectivity index (χ0n) is 23.4. The van der Waals surface area contributed by atoms with Crippen LogP contribution in [0, 0.1) is 0 Å². The molecule has 3 heteroatoms. The fourth-order valence-electron chi connectivity index (χ4n) is 4.66. The molecule has 0 radical (unpaired) electrons. The second kappa shape index (κ2) is 20.3. The number of benzene rings is 2. The van der Waals surface area contributed by atoms with Gasteiger partial charge in [0.2, 0.25) is 0 Å². The summed E-state index contributed by atoms with van der Waals surface area (Å²) < 4.78 is 0. The third-order valence-electron chi connectivity index (χ3n) is 6.63. The first-order chi connectivity index (χ1) is 17.2. The summed E-state index contributed by atoms with van der Waals surface area (Å²) in [5.74, 6) is 0. The van der Waals surface area contributed by atoms with E-state index in [0.29, 0.717) is 0 Å². The molecule has 36 heavy (non-hydrogen) atoms. The second-order valence-corrected chi connectivity index (χ2v) is 9.88. The van der Waals surface area contributed by atoms with Gasteiger partial charge in [-0.25, -0.2) is 0 Å². The maximum Gasteiger partial charge on any atom is 0.0636 e. The summed E-state index contributed by atoms with van der Waals surface area (Å²) in [6.45, 7) is 9.09. The van der Waals surface area contributed by atoms with Gasteiger partial charge in [-0.2, -0.15) is 0 Å². The van der Waals surface area contributed by atoms with Gasteiger partial charge in [0.25, 0.3) is 0 Å². The van der Waals surface area contributed by atoms with Crippen molar-refractivity contribution in [1.82, 2.24) is 0 Å². The molecule has 0 spiro atoms. The molecule has 0 aromatic heterocycles. The molecule has 0 saturated carbocycles. The van der Waals surface area contributed by atoms with Crippen LogP contribution in [0.5, 0.6) is 0 Å².